The van der Waals surface area contributed by atoms with Gasteiger partial charge < -0.3 is 0 Å². The average Bonchev–Trinajstić information content (AvgIpc) is 1.56. The van der Waals surface area contributed by atoms with Gasteiger partial charge in [-0.05, 0) is 0 Å². The molecule has 0 atom stereocenters. The standard InChI is InChI=1S/C8H19NSi2/c1-10(2,3)8(7-9)11(4,5)6/h8H,1-6H3. The third kappa shape index (κ3) is 3.21. The first-order valence-electron chi connectivity index (χ1n) is 4.09. The number of hydrogen-bond acceptors (Lipinski definition) is 1. The molecular formula is C8H19NSi2. The van der Waals surface area contributed by atoms with Gasteiger partial charge in [-0.25, -0.2) is 0 Å². The molecule has 3 heteroatoms. The molecule has 0 saturated heterocycles. The summed E-state index contributed by atoms with van der Waals surface area (Å²) < 4.78 is 0. The molecular weight excluding hydrogens is 166 g/mol. The van der Waals surface area contributed by atoms with Crippen molar-refractivity contribution in [2.24, 2.45) is 0 Å². The highest BCUT2D eigenvalue weighted by molar-refractivity contribution is 6.97. The number of hydrogen-bond donors (Lipinski definition) is 0. The van der Waals surface area contributed by atoms with E-state index in [9.17, 15) is 0 Å². The maximum atomic E-state index is 9.02. The van der Waals surface area contributed by atoms with Gasteiger partial charge >= 0.3 is 0 Å². The topological polar surface area (TPSA) is 23.8 Å². The molecule has 0 aliphatic rings. The van der Waals surface area contributed by atoms with Gasteiger partial charge in [0.25, 0.3) is 0 Å². The van der Waals surface area contributed by atoms with Crippen LogP contribution in [0.1, 0.15) is 0 Å². The summed E-state index contributed by atoms with van der Waals surface area (Å²) in [6, 6.07) is 2.51. The molecule has 0 aliphatic heterocycles. The maximum Gasteiger partial charge on any atom is 0.0605 e. The Labute approximate surface area is 72.4 Å². The van der Waals surface area contributed by atoms with Crippen LogP contribution >= 0.6 is 0 Å². The number of nitriles is 1. The van der Waals surface area contributed by atoms with Crippen LogP contribution in [0.15, 0.2) is 0 Å². The van der Waals surface area contributed by atoms with E-state index in [0.717, 1.165) is 0 Å². The maximum absolute atomic E-state index is 9.02. The van der Waals surface area contributed by atoms with E-state index in [1.165, 1.54) is 0 Å². The molecule has 0 bridgehead atoms. The molecule has 0 spiro atoms. The lowest BCUT2D eigenvalue weighted by atomic mass is 10.9. The van der Waals surface area contributed by atoms with Crippen LogP contribution in [-0.2, 0) is 0 Å². The molecule has 0 radical (unpaired) electrons. The van der Waals surface area contributed by atoms with Crippen molar-refractivity contribution in [2.45, 2.75) is 44.4 Å². The molecule has 0 amide bonds. The van der Waals surface area contributed by atoms with Crippen LogP contribution in [0, 0.1) is 11.3 Å². The highest BCUT2D eigenvalue weighted by atomic mass is 28.4. The van der Waals surface area contributed by atoms with E-state index in [2.05, 4.69) is 45.4 Å². The third-order valence-electron chi connectivity index (χ3n) is 1.86. The van der Waals surface area contributed by atoms with Crippen molar-refractivity contribution in [2.75, 3.05) is 0 Å². The predicted molar refractivity (Wildman–Crippen MR) is 56.1 cm³/mol. The van der Waals surface area contributed by atoms with E-state index in [0.29, 0.717) is 5.16 Å². The SMILES string of the molecule is C[Si](C)(C)C(C#N)[Si](C)(C)C. The molecule has 0 aromatic carbocycles. The number of rotatable bonds is 2. The molecule has 0 saturated carbocycles. The van der Waals surface area contributed by atoms with Crippen LogP contribution in [0.3, 0.4) is 0 Å². The van der Waals surface area contributed by atoms with E-state index >= 15 is 0 Å². The molecule has 0 fully saturated rings. The monoisotopic (exact) mass is 185 g/mol. The zero-order valence-electron chi connectivity index (χ0n) is 8.52. The van der Waals surface area contributed by atoms with Crippen molar-refractivity contribution in [3.63, 3.8) is 0 Å². The van der Waals surface area contributed by atoms with Crippen LogP contribution < -0.4 is 0 Å². The van der Waals surface area contributed by atoms with Gasteiger partial charge in [-0.2, -0.15) is 5.26 Å². The Morgan fingerprint density at radius 1 is 0.909 bits per heavy atom. The third-order valence-corrected chi connectivity index (χ3v) is 10.8. The summed E-state index contributed by atoms with van der Waals surface area (Å²) in [6.07, 6.45) is 0. The Bertz CT molecular complexity index is 154. The second-order valence-electron chi connectivity index (χ2n) is 5.29. The lowest BCUT2D eigenvalue weighted by Crippen LogP contribution is -2.42. The predicted octanol–water partition coefficient (Wildman–Crippen LogP) is 3.10. The van der Waals surface area contributed by atoms with Crippen molar-refractivity contribution >= 4 is 16.1 Å². The summed E-state index contributed by atoms with van der Waals surface area (Å²) in [5.41, 5.74) is 0. The molecule has 0 aliphatic carbocycles. The Hall–Kier alpha value is -0.0762. The lowest BCUT2D eigenvalue weighted by molar-refractivity contribution is 1.29. The Morgan fingerprint density at radius 2 is 1.18 bits per heavy atom. The summed E-state index contributed by atoms with van der Waals surface area (Å²) >= 11 is 0. The first kappa shape index (κ1) is 10.9. The molecule has 0 unspecified atom stereocenters. The second kappa shape index (κ2) is 3.12. The minimum Gasteiger partial charge on any atom is -0.199 e. The summed E-state index contributed by atoms with van der Waals surface area (Å²) in [7, 11) is -2.44. The summed E-state index contributed by atoms with van der Waals surface area (Å²) in [5, 5.41) is 9.41. The van der Waals surface area contributed by atoms with Crippen molar-refractivity contribution < 1.29 is 0 Å². The Kier molecular flexibility index (Phi) is 3.10. The van der Waals surface area contributed by atoms with Gasteiger partial charge in [-0.3, -0.25) is 0 Å². The van der Waals surface area contributed by atoms with Gasteiger partial charge in [0.15, 0.2) is 0 Å². The van der Waals surface area contributed by atoms with Gasteiger partial charge in [-0.15, -0.1) is 0 Å². The quantitative estimate of drug-likeness (QED) is 0.607. The van der Waals surface area contributed by atoms with Gasteiger partial charge in [0.05, 0.1) is 22.2 Å². The summed E-state index contributed by atoms with van der Waals surface area (Å²) in [5.74, 6) is 0. The molecule has 0 aromatic heterocycles. The van der Waals surface area contributed by atoms with Crippen LogP contribution in [0.25, 0.3) is 0 Å². The van der Waals surface area contributed by atoms with E-state index in [1.807, 2.05) is 0 Å². The van der Waals surface area contributed by atoms with Crippen molar-refractivity contribution in [1.29, 1.82) is 5.26 Å². The lowest BCUT2D eigenvalue weighted by Gasteiger charge is -2.32. The molecule has 0 rings (SSSR count). The van der Waals surface area contributed by atoms with E-state index in [1.54, 1.807) is 0 Å². The van der Waals surface area contributed by atoms with Crippen LogP contribution in [-0.4, -0.2) is 16.1 Å². The van der Waals surface area contributed by atoms with Crippen LogP contribution in [0.5, 0.6) is 0 Å². The highest BCUT2D eigenvalue weighted by Gasteiger charge is 2.37. The van der Waals surface area contributed by atoms with Gasteiger partial charge in [-0.1, -0.05) is 39.3 Å². The van der Waals surface area contributed by atoms with E-state index in [4.69, 9.17) is 5.26 Å². The number of nitrogens with zero attached hydrogens (tertiary/aromatic N) is 1. The smallest absolute Gasteiger partial charge is 0.0605 e. The fraction of sp³-hybridized carbons (Fsp3) is 0.875. The fourth-order valence-electron chi connectivity index (χ4n) is 1.69. The summed E-state index contributed by atoms with van der Waals surface area (Å²) in [6.45, 7) is 13.7. The summed E-state index contributed by atoms with van der Waals surface area (Å²) in [4.78, 5) is 0. The molecule has 1 nitrogen and oxygen atoms in total. The van der Waals surface area contributed by atoms with Gasteiger partial charge in [0.2, 0.25) is 0 Å². The van der Waals surface area contributed by atoms with Crippen molar-refractivity contribution in [3.8, 4) is 6.07 Å². The highest BCUT2D eigenvalue weighted by Crippen LogP contribution is 2.30. The van der Waals surface area contributed by atoms with E-state index < -0.39 is 16.1 Å². The Morgan fingerprint density at radius 3 is 1.18 bits per heavy atom. The average molecular weight is 185 g/mol. The first-order chi connectivity index (χ1) is 4.69. The first-order valence-corrected chi connectivity index (χ1v) is 11.2. The van der Waals surface area contributed by atoms with Crippen molar-refractivity contribution in [1.82, 2.24) is 0 Å². The van der Waals surface area contributed by atoms with Crippen molar-refractivity contribution in [3.05, 3.63) is 0 Å². The van der Waals surface area contributed by atoms with Crippen LogP contribution in [0.2, 0.25) is 44.4 Å². The van der Waals surface area contributed by atoms with Gasteiger partial charge in [0.1, 0.15) is 0 Å². The molecule has 11 heavy (non-hydrogen) atoms. The molecule has 0 N–H and O–H groups in total. The zero-order valence-corrected chi connectivity index (χ0v) is 10.5. The fourth-order valence-corrected chi connectivity index (χ4v) is 12.9. The van der Waals surface area contributed by atoms with E-state index in [-0.39, 0.29) is 0 Å². The minimum absolute atomic E-state index is 0.398. The molecule has 64 valence electrons. The molecule has 0 aromatic rings. The normalized spacial score (nSPS) is 13.3. The molecule has 0 heterocycles. The Balaban J connectivity index is 4.60. The second-order valence-corrected chi connectivity index (χ2v) is 16.5. The van der Waals surface area contributed by atoms with Crippen LogP contribution in [0.4, 0.5) is 0 Å². The van der Waals surface area contributed by atoms with Gasteiger partial charge in [0, 0.05) is 5.16 Å². The minimum atomic E-state index is -1.22. The largest absolute Gasteiger partial charge is 0.199 e. The zero-order chi connectivity index (χ0) is 9.28.